The van der Waals surface area contributed by atoms with Crippen LogP contribution in [0.25, 0.3) is 0 Å². The molecule has 0 aliphatic carbocycles. The highest BCUT2D eigenvalue weighted by Gasteiger charge is 2.49. The van der Waals surface area contributed by atoms with Crippen LogP contribution in [0.5, 0.6) is 0 Å². The highest BCUT2D eigenvalue weighted by Crippen LogP contribution is 2.27. The van der Waals surface area contributed by atoms with E-state index in [1.807, 2.05) is 0 Å². The number of aliphatic imine (C=N–C) groups is 1. The van der Waals surface area contributed by atoms with E-state index in [9.17, 15) is 27.9 Å². The Bertz CT molecular complexity index is 1390. The number of nitrogens with two attached hydrogens (primary N) is 2. The van der Waals surface area contributed by atoms with E-state index in [1.165, 1.54) is 28.8 Å². The molecule has 3 amide bonds. The topological polar surface area (TPSA) is 134 Å². The third-order valence-corrected chi connectivity index (χ3v) is 6.56. The normalized spacial score (nSPS) is 21.2. The molecule has 1 fully saturated rings. The van der Waals surface area contributed by atoms with E-state index in [2.05, 4.69) is 4.99 Å². The summed E-state index contributed by atoms with van der Waals surface area (Å²) in [6.45, 7) is -1.38. The summed E-state index contributed by atoms with van der Waals surface area (Å²) in [6.07, 6.45) is -8.63. The summed E-state index contributed by atoms with van der Waals surface area (Å²) in [5.74, 6) is -0.592. The van der Waals surface area contributed by atoms with Gasteiger partial charge in [-0.15, -0.1) is 0 Å². The average Bonchev–Trinajstić information content (AvgIpc) is 2.87. The number of amides is 3. The molecule has 0 bridgehead atoms. The maximum Gasteiger partial charge on any atom is 0.446 e. The number of carbonyl (C=O) groups is 2. The Kier molecular flexibility index (Phi) is 8.31. The Hall–Kier alpha value is -3.45. The molecule has 2 atom stereocenters. The number of halogens is 5. The Morgan fingerprint density at radius 2 is 1.87 bits per heavy atom. The average molecular weight is 585 g/mol. The number of benzene rings is 2. The van der Waals surface area contributed by atoms with Gasteiger partial charge in [0, 0.05) is 27.6 Å². The summed E-state index contributed by atoms with van der Waals surface area (Å²) in [4.78, 5) is 30.1. The molecule has 0 spiro atoms. The van der Waals surface area contributed by atoms with Crippen molar-refractivity contribution in [3.63, 3.8) is 0 Å². The molecule has 0 aromatic heterocycles. The first-order valence-corrected chi connectivity index (χ1v) is 12.3. The van der Waals surface area contributed by atoms with E-state index in [0.29, 0.717) is 32.6 Å². The molecular weight excluding hydrogens is 562 g/mol. The van der Waals surface area contributed by atoms with E-state index >= 15 is 0 Å². The van der Waals surface area contributed by atoms with Crippen LogP contribution >= 0.6 is 23.2 Å². The first-order valence-electron chi connectivity index (χ1n) is 11.5. The minimum Gasteiger partial charge on any atom is -0.399 e. The summed E-state index contributed by atoms with van der Waals surface area (Å²) >= 11 is 12.0. The smallest absolute Gasteiger partial charge is 0.399 e. The Labute approximate surface area is 230 Å². The van der Waals surface area contributed by atoms with E-state index in [4.69, 9.17) is 39.4 Å². The monoisotopic (exact) mass is 584 g/mol. The first-order chi connectivity index (χ1) is 18.3. The number of primary amides is 1. The molecule has 1 unspecified atom stereocenters. The number of hydrogen-bond acceptors (Lipinski definition) is 6. The lowest BCUT2D eigenvalue weighted by atomic mass is 9.98. The number of rotatable bonds is 7. The standard InChI is InChI=1S/C25H22Cl2F3N5O4/c26-14-6-4-13(5-7-14)23-34(24(38)35(23)11-21(36)25(28,29)30)10-18(31)17-12-39-20(22(32)37)9-19(17)33-16-3-1-2-15(27)8-16/h1-8,20-21,36H,9-12H2,(H3-,31,32,33,37)/p+1/t20?,21-/m0/s1. The van der Waals surface area contributed by atoms with E-state index in [-0.39, 0.29) is 31.1 Å². The number of β-amino-alcohol motifs (C(OH)–C–C–N with tert-alkyl or cyclic N) is 1. The Morgan fingerprint density at radius 1 is 1.18 bits per heavy atom. The number of carbonyl (C=O) groups excluding carboxylic acids is 2. The van der Waals surface area contributed by atoms with Crippen LogP contribution in [0.1, 0.15) is 12.0 Å². The Morgan fingerprint density at radius 3 is 2.49 bits per heavy atom. The fourth-order valence-electron chi connectivity index (χ4n) is 4.09. The zero-order valence-electron chi connectivity index (χ0n) is 20.2. The number of alkyl halides is 3. The van der Waals surface area contributed by atoms with Crippen molar-refractivity contribution in [1.29, 1.82) is 0 Å². The molecule has 0 radical (unpaired) electrons. The minimum atomic E-state index is -4.92. The van der Waals surface area contributed by atoms with Crippen LogP contribution in [-0.2, 0) is 9.53 Å². The lowest BCUT2D eigenvalue weighted by molar-refractivity contribution is -0.459. The molecule has 206 valence electrons. The van der Waals surface area contributed by atoms with Gasteiger partial charge in [-0.3, -0.25) is 9.79 Å². The van der Waals surface area contributed by atoms with Crippen LogP contribution in [0.15, 0.2) is 64.8 Å². The third-order valence-electron chi connectivity index (χ3n) is 6.07. The summed E-state index contributed by atoms with van der Waals surface area (Å²) in [5, 5.41) is 10.4. The highest BCUT2D eigenvalue weighted by molar-refractivity contribution is 6.31. The van der Waals surface area contributed by atoms with Gasteiger partial charge in [0.25, 0.3) is 0 Å². The van der Waals surface area contributed by atoms with Gasteiger partial charge in [-0.1, -0.05) is 29.3 Å². The van der Waals surface area contributed by atoms with Gasteiger partial charge in [-0.05, 0) is 42.5 Å². The van der Waals surface area contributed by atoms with Crippen molar-refractivity contribution >= 4 is 52.4 Å². The number of urea groups is 1. The number of hydrogen-bond donors (Lipinski definition) is 3. The first kappa shape index (κ1) is 28.6. The fraction of sp³-hybridized carbons (Fsp3) is 0.280. The zero-order valence-corrected chi connectivity index (χ0v) is 21.7. The van der Waals surface area contributed by atoms with Crippen molar-refractivity contribution < 1.29 is 37.2 Å². The summed E-state index contributed by atoms with van der Waals surface area (Å²) < 4.78 is 45.8. The van der Waals surface area contributed by atoms with Crippen molar-refractivity contribution in [2.45, 2.75) is 24.8 Å². The molecule has 9 nitrogen and oxygen atoms in total. The number of aliphatic hydroxyl groups is 1. The molecule has 2 aromatic carbocycles. The van der Waals surface area contributed by atoms with Gasteiger partial charge >= 0.3 is 12.2 Å². The quantitative estimate of drug-likeness (QED) is 0.429. The maximum atomic E-state index is 13.0. The zero-order chi connectivity index (χ0) is 28.5. The fourth-order valence-corrected chi connectivity index (χ4v) is 4.40. The summed E-state index contributed by atoms with van der Waals surface area (Å²) in [6, 6.07) is 11.9. The van der Waals surface area contributed by atoms with E-state index in [1.54, 1.807) is 24.3 Å². The number of aliphatic hydroxyl groups excluding tert-OH is 1. The summed E-state index contributed by atoms with van der Waals surface area (Å²) in [7, 11) is 0. The number of nitrogens with zero attached hydrogens (tertiary/aromatic N) is 3. The van der Waals surface area contributed by atoms with Gasteiger partial charge in [-0.25, -0.2) is 4.79 Å². The van der Waals surface area contributed by atoms with Crippen LogP contribution in [0, 0.1) is 0 Å². The molecule has 14 heteroatoms. The lowest BCUT2D eigenvalue weighted by Gasteiger charge is -2.33. The molecule has 2 aromatic rings. The molecular formula is C25H23Cl2F3N5O4+. The van der Waals surface area contributed by atoms with Crippen LogP contribution in [0.2, 0.25) is 10.0 Å². The van der Waals surface area contributed by atoms with Crippen molar-refractivity contribution in [3.8, 4) is 0 Å². The van der Waals surface area contributed by atoms with Crippen molar-refractivity contribution in [3.05, 3.63) is 75.4 Å². The molecule has 2 aliphatic heterocycles. The molecule has 2 aliphatic rings. The van der Waals surface area contributed by atoms with Gasteiger partial charge in [0.1, 0.15) is 19.2 Å². The molecule has 4 rings (SSSR count). The summed E-state index contributed by atoms with van der Waals surface area (Å²) in [5.41, 5.74) is 13.6. The van der Waals surface area contributed by atoms with Gasteiger partial charge in [0.15, 0.2) is 6.10 Å². The van der Waals surface area contributed by atoms with Crippen LogP contribution in [0.4, 0.5) is 23.7 Å². The van der Waals surface area contributed by atoms with Crippen molar-refractivity contribution in [1.82, 2.24) is 4.90 Å². The molecule has 1 saturated heterocycles. The molecule has 5 N–H and O–H groups in total. The minimum absolute atomic E-state index is 0.00345. The Balaban J connectivity index is 1.73. The second-order valence-electron chi connectivity index (χ2n) is 8.82. The largest absolute Gasteiger partial charge is 0.446 e. The molecule has 0 saturated carbocycles. The molecule has 39 heavy (non-hydrogen) atoms. The number of amidine groups is 1. The van der Waals surface area contributed by atoms with Crippen molar-refractivity contribution in [2.24, 2.45) is 16.5 Å². The van der Waals surface area contributed by atoms with Gasteiger partial charge in [-0.2, -0.15) is 22.6 Å². The number of ether oxygens (including phenoxy) is 1. The maximum absolute atomic E-state index is 13.0. The third kappa shape index (κ3) is 6.41. The lowest BCUT2D eigenvalue weighted by Crippen LogP contribution is -2.61. The van der Waals surface area contributed by atoms with Crippen LogP contribution in [-0.4, -0.2) is 76.1 Å². The van der Waals surface area contributed by atoms with E-state index < -0.39 is 36.9 Å². The SMILES string of the molecule is NC(=O)C1CC(=Nc2cccc(Cl)c2)/C(=C(\N)C[N+]2=C(c3ccc(Cl)cc3)N(C[C@H](O)C(F)(F)F)C2=O)CO1. The highest BCUT2D eigenvalue weighted by atomic mass is 35.5. The predicted molar refractivity (Wildman–Crippen MR) is 138 cm³/mol. The van der Waals surface area contributed by atoms with Gasteiger partial charge in [0.05, 0.1) is 23.7 Å². The van der Waals surface area contributed by atoms with Crippen LogP contribution in [0.3, 0.4) is 0 Å². The van der Waals surface area contributed by atoms with Gasteiger partial charge < -0.3 is 21.3 Å². The second-order valence-corrected chi connectivity index (χ2v) is 9.69. The molecule has 2 heterocycles. The second kappa shape index (κ2) is 11.3. The predicted octanol–water partition coefficient (Wildman–Crippen LogP) is 3.37. The van der Waals surface area contributed by atoms with Crippen molar-refractivity contribution in [2.75, 3.05) is 19.7 Å². The van der Waals surface area contributed by atoms with Crippen LogP contribution < -0.4 is 11.5 Å². The van der Waals surface area contributed by atoms with Gasteiger partial charge in [0.2, 0.25) is 11.7 Å². The van der Waals surface area contributed by atoms with E-state index in [0.717, 1.165) is 4.90 Å².